The van der Waals surface area contributed by atoms with Crippen LogP contribution in [-0.2, 0) is 6.11 Å². The Bertz CT molecular complexity index is 891. The van der Waals surface area contributed by atoms with E-state index in [-0.39, 0.29) is 16.7 Å². The summed E-state index contributed by atoms with van der Waals surface area (Å²) < 4.78 is 38.3. The Morgan fingerprint density at radius 1 is 1.00 bits per heavy atom. The summed E-state index contributed by atoms with van der Waals surface area (Å²) in [6.07, 6.45) is -3.66. The van der Waals surface area contributed by atoms with Gasteiger partial charge in [0, 0.05) is 17.0 Å². The first-order chi connectivity index (χ1) is 11.0. The smallest absolute Gasteiger partial charge is 0.442 e. The van der Waals surface area contributed by atoms with E-state index in [0.29, 0.717) is 5.75 Å². The molecule has 0 bridgehead atoms. The van der Waals surface area contributed by atoms with Gasteiger partial charge in [-0.3, -0.25) is 4.79 Å². The molecule has 0 aliphatic heterocycles. The van der Waals surface area contributed by atoms with Crippen LogP contribution in [0.15, 0.2) is 59.4 Å². The molecule has 0 aliphatic rings. The van der Waals surface area contributed by atoms with Crippen LogP contribution in [0.25, 0.3) is 10.9 Å². The Morgan fingerprint density at radius 2 is 1.74 bits per heavy atom. The second kappa shape index (κ2) is 5.72. The fraction of sp³-hybridized carbons (Fsp3) is 0.118. The van der Waals surface area contributed by atoms with Gasteiger partial charge in [-0.25, -0.2) is 0 Å². The minimum atomic E-state index is -3.66. The normalized spacial score (nSPS) is 11.4. The number of benzene rings is 2. The molecular formula is C17H13F2NO3. The quantitative estimate of drug-likeness (QED) is 0.799. The summed E-state index contributed by atoms with van der Waals surface area (Å²) >= 11 is 0. The van der Waals surface area contributed by atoms with Crippen LogP contribution in [0.4, 0.5) is 8.78 Å². The fourth-order valence-corrected chi connectivity index (χ4v) is 2.20. The molecule has 118 valence electrons. The molecule has 1 aromatic heterocycles. The molecule has 0 unspecified atom stereocenters. The largest absolute Gasteiger partial charge is 0.497 e. The van der Waals surface area contributed by atoms with E-state index in [4.69, 9.17) is 9.47 Å². The standard InChI is InChI=1S/C17H13F2NO3/c1-22-12-7-8-14-13(9-12)15(21)10-16(20-14)17(18,19)23-11-5-3-2-4-6-11/h2-10H,1H3,(H,20,21). The summed E-state index contributed by atoms with van der Waals surface area (Å²) in [5.41, 5.74) is -0.863. The number of alkyl halides is 2. The van der Waals surface area contributed by atoms with Gasteiger partial charge in [-0.15, -0.1) is 0 Å². The van der Waals surface area contributed by atoms with Gasteiger partial charge in [0.05, 0.1) is 7.11 Å². The van der Waals surface area contributed by atoms with E-state index < -0.39 is 17.2 Å². The molecule has 0 fully saturated rings. The minimum Gasteiger partial charge on any atom is -0.497 e. The predicted octanol–water partition coefficient (Wildman–Crippen LogP) is 3.67. The summed E-state index contributed by atoms with van der Waals surface area (Å²) in [6.45, 7) is 0. The molecule has 4 nitrogen and oxygen atoms in total. The monoisotopic (exact) mass is 317 g/mol. The number of hydrogen-bond acceptors (Lipinski definition) is 3. The minimum absolute atomic E-state index is 0.00757. The van der Waals surface area contributed by atoms with Gasteiger partial charge in [0.1, 0.15) is 17.2 Å². The van der Waals surface area contributed by atoms with Crippen molar-refractivity contribution in [3.63, 3.8) is 0 Å². The second-order valence-corrected chi connectivity index (χ2v) is 4.89. The van der Waals surface area contributed by atoms with Crippen molar-refractivity contribution in [3.05, 3.63) is 70.5 Å². The third kappa shape index (κ3) is 3.01. The number of ether oxygens (including phenoxy) is 2. The average molecular weight is 317 g/mol. The first-order valence-electron chi connectivity index (χ1n) is 6.83. The van der Waals surface area contributed by atoms with E-state index in [0.717, 1.165) is 6.07 Å². The number of H-pyrrole nitrogens is 1. The van der Waals surface area contributed by atoms with Crippen LogP contribution < -0.4 is 14.9 Å². The van der Waals surface area contributed by atoms with E-state index in [1.807, 2.05) is 0 Å². The van der Waals surface area contributed by atoms with Gasteiger partial charge in [-0.05, 0) is 30.3 Å². The molecule has 0 spiro atoms. The Hall–Kier alpha value is -2.89. The van der Waals surface area contributed by atoms with E-state index in [1.165, 1.54) is 31.4 Å². The summed E-state index contributed by atoms with van der Waals surface area (Å²) in [5.74, 6) is 0.483. The number of pyridine rings is 1. The van der Waals surface area contributed by atoms with Crippen molar-refractivity contribution in [3.8, 4) is 11.5 Å². The van der Waals surface area contributed by atoms with Gasteiger partial charge < -0.3 is 14.5 Å². The maximum absolute atomic E-state index is 14.3. The first-order valence-corrected chi connectivity index (χ1v) is 6.83. The number of nitrogens with one attached hydrogen (secondary N) is 1. The molecule has 3 aromatic rings. The number of aromatic nitrogens is 1. The van der Waals surface area contributed by atoms with Gasteiger partial charge in [0.15, 0.2) is 5.43 Å². The lowest BCUT2D eigenvalue weighted by Crippen LogP contribution is -2.25. The predicted molar refractivity (Wildman–Crippen MR) is 82.1 cm³/mol. The molecule has 0 saturated carbocycles. The number of rotatable bonds is 4. The lowest BCUT2D eigenvalue weighted by molar-refractivity contribution is -0.188. The van der Waals surface area contributed by atoms with Crippen LogP contribution in [0.5, 0.6) is 11.5 Å². The lowest BCUT2D eigenvalue weighted by atomic mass is 10.2. The highest BCUT2D eigenvalue weighted by molar-refractivity contribution is 5.80. The summed E-state index contributed by atoms with van der Waals surface area (Å²) in [4.78, 5) is 14.7. The number of aromatic amines is 1. The second-order valence-electron chi connectivity index (χ2n) is 4.89. The number of hydrogen-bond donors (Lipinski definition) is 1. The van der Waals surface area contributed by atoms with Crippen LogP contribution in [0, 0.1) is 0 Å². The SMILES string of the molecule is COc1ccc2[nH]c(C(F)(F)Oc3ccccc3)cc(=O)c2c1. The first kappa shape index (κ1) is 15.0. The zero-order valence-electron chi connectivity index (χ0n) is 12.2. The third-order valence-corrected chi connectivity index (χ3v) is 3.34. The number of fused-ring (bicyclic) bond motifs is 1. The summed E-state index contributed by atoms with van der Waals surface area (Å²) in [7, 11) is 1.46. The highest BCUT2D eigenvalue weighted by Gasteiger charge is 2.36. The van der Waals surface area contributed by atoms with Gasteiger partial charge in [0.2, 0.25) is 0 Å². The maximum atomic E-state index is 14.3. The topological polar surface area (TPSA) is 51.3 Å². The molecule has 1 heterocycles. The lowest BCUT2D eigenvalue weighted by Gasteiger charge is -2.18. The Morgan fingerprint density at radius 3 is 2.43 bits per heavy atom. The summed E-state index contributed by atoms with van der Waals surface area (Å²) in [5, 5.41) is 0.267. The van der Waals surface area contributed by atoms with E-state index in [9.17, 15) is 13.6 Å². The zero-order chi connectivity index (χ0) is 16.4. The molecule has 0 radical (unpaired) electrons. The van der Waals surface area contributed by atoms with Crippen molar-refractivity contribution in [1.29, 1.82) is 0 Å². The highest BCUT2D eigenvalue weighted by atomic mass is 19.3. The maximum Gasteiger partial charge on any atom is 0.442 e. The molecule has 6 heteroatoms. The number of para-hydroxylation sites is 1. The molecule has 0 atom stereocenters. The van der Waals surface area contributed by atoms with Crippen molar-refractivity contribution in [2.75, 3.05) is 7.11 Å². The average Bonchev–Trinajstić information content (AvgIpc) is 2.55. The van der Waals surface area contributed by atoms with Crippen LogP contribution in [0.3, 0.4) is 0 Å². The molecule has 0 amide bonds. The van der Waals surface area contributed by atoms with Crippen molar-refractivity contribution >= 4 is 10.9 Å². The van der Waals surface area contributed by atoms with Gasteiger partial charge in [-0.2, -0.15) is 8.78 Å². The van der Waals surface area contributed by atoms with Crippen LogP contribution in [0.2, 0.25) is 0 Å². The fourth-order valence-electron chi connectivity index (χ4n) is 2.20. The Balaban J connectivity index is 2.04. The molecule has 1 N–H and O–H groups in total. The highest BCUT2D eigenvalue weighted by Crippen LogP contribution is 2.30. The van der Waals surface area contributed by atoms with Crippen molar-refractivity contribution in [2.45, 2.75) is 6.11 Å². The van der Waals surface area contributed by atoms with Crippen molar-refractivity contribution in [1.82, 2.24) is 4.98 Å². The van der Waals surface area contributed by atoms with Crippen LogP contribution >= 0.6 is 0 Å². The van der Waals surface area contributed by atoms with Crippen molar-refractivity contribution < 1.29 is 18.3 Å². The van der Waals surface area contributed by atoms with Gasteiger partial charge >= 0.3 is 6.11 Å². The molecule has 3 rings (SSSR count). The summed E-state index contributed by atoms with van der Waals surface area (Å²) in [6, 6.07) is 13.1. The third-order valence-electron chi connectivity index (χ3n) is 3.34. The van der Waals surface area contributed by atoms with Crippen LogP contribution in [-0.4, -0.2) is 12.1 Å². The van der Waals surface area contributed by atoms with E-state index >= 15 is 0 Å². The van der Waals surface area contributed by atoms with Crippen molar-refractivity contribution in [2.24, 2.45) is 0 Å². The number of halogens is 2. The van der Waals surface area contributed by atoms with Gasteiger partial charge in [0.25, 0.3) is 0 Å². The van der Waals surface area contributed by atoms with Crippen LogP contribution in [0.1, 0.15) is 5.69 Å². The molecule has 23 heavy (non-hydrogen) atoms. The molecule has 0 aliphatic carbocycles. The van der Waals surface area contributed by atoms with E-state index in [1.54, 1.807) is 24.3 Å². The molecular weight excluding hydrogens is 304 g/mol. The number of methoxy groups -OCH3 is 1. The van der Waals surface area contributed by atoms with Gasteiger partial charge in [-0.1, -0.05) is 18.2 Å². The molecule has 2 aromatic carbocycles. The Kier molecular flexibility index (Phi) is 3.73. The molecule has 0 saturated heterocycles. The Labute approximate surface area is 130 Å². The zero-order valence-corrected chi connectivity index (χ0v) is 12.2. The van der Waals surface area contributed by atoms with E-state index in [2.05, 4.69) is 4.98 Å².